The highest BCUT2D eigenvalue weighted by Gasteiger charge is 2.36. The fraction of sp³-hybridized carbons (Fsp3) is 0.281. The first kappa shape index (κ1) is 31.3. The Morgan fingerprint density at radius 2 is 1.86 bits per heavy atom. The van der Waals surface area contributed by atoms with Crippen LogP contribution in [0, 0.1) is 5.92 Å². The average molecular weight is 635 g/mol. The van der Waals surface area contributed by atoms with E-state index in [0.29, 0.717) is 5.56 Å². The van der Waals surface area contributed by atoms with Crippen LogP contribution in [0.15, 0.2) is 89.3 Å². The van der Waals surface area contributed by atoms with Gasteiger partial charge in [0.25, 0.3) is 11.8 Å². The van der Waals surface area contributed by atoms with Crippen LogP contribution >= 0.6 is 11.3 Å². The van der Waals surface area contributed by atoms with Gasteiger partial charge >= 0.3 is 0 Å². The first-order chi connectivity index (χ1) is 21.1. The Balaban J connectivity index is 1.47. The van der Waals surface area contributed by atoms with Gasteiger partial charge in [-0.2, -0.15) is 4.31 Å². The number of benzene rings is 3. The van der Waals surface area contributed by atoms with Crippen LogP contribution in [0.3, 0.4) is 0 Å². The third-order valence-corrected chi connectivity index (χ3v) is 10.3. The number of nitrogens with one attached hydrogen (secondary N) is 1. The number of hydrogen-bond acceptors (Lipinski definition) is 8. The summed E-state index contributed by atoms with van der Waals surface area (Å²) in [5, 5.41) is 15.6. The maximum atomic E-state index is 13.8. The van der Waals surface area contributed by atoms with E-state index in [1.807, 2.05) is 24.4 Å². The van der Waals surface area contributed by atoms with Crippen LogP contribution in [0.4, 0.5) is 5.69 Å². The van der Waals surface area contributed by atoms with Crippen molar-refractivity contribution in [2.24, 2.45) is 5.92 Å². The molecular weight excluding hydrogens is 601 g/mol. The monoisotopic (exact) mass is 634 g/mol. The molecule has 0 bridgehead atoms. The van der Waals surface area contributed by atoms with Crippen molar-refractivity contribution in [1.82, 2.24) is 14.2 Å². The van der Waals surface area contributed by atoms with Crippen LogP contribution < -0.4 is 10.1 Å². The molecule has 1 aliphatic heterocycles. The molecule has 2 heterocycles. The number of aromatic nitrogens is 1. The SMILES string of the molecule is C[C@H]1CN([C@@H](C)CO)C(=O)c2cccc(NC(=O)c3ccc(-c4nccs4)cc3)c2O[C@@H]1CN(C)S(=O)(=O)c1ccccc1. The number of sulfonamides is 1. The molecule has 3 atom stereocenters. The maximum absolute atomic E-state index is 13.8. The minimum atomic E-state index is -3.83. The molecule has 5 rings (SSSR count). The van der Waals surface area contributed by atoms with Crippen LogP contribution in [0.1, 0.15) is 34.6 Å². The fourth-order valence-electron chi connectivity index (χ4n) is 5.01. The molecule has 0 saturated carbocycles. The molecule has 0 saturated heterocycles. The lowest BCUT2D eigenvalue weighted by molar-refractivity contribution is 0.0388. The molecule has 0 aliphatic carbocycles. The van der Waals surface area contributed by atoms with E-state index in [9.17, 15) is 23.1 Å². The van der Waals surface area contributed by atoms with E-state index >= 15 is 0 Å². The summed E-state index contributed by atoms with van der Waals surface area (Å²) in [5.74, 6) is -0.962. The normalized spacial score (nSPS) is 17.8. The highest BCUT2D eigenvalue weighted by Crippen LogP contribution is 2.35. The zero-order valence-corrected chi connectivity index (χ0v) is 26.2. The molecule has 2 N–H and O–H groups in total. The number of thiazole rings is 1. The van der Waals surface area contributed by atoms with Crippen molar-refractivity contribution in [3.63, 3.8) is 0 Å². The predicted molar refractivity (Wildman–Crippen MR) is 169 cm³/mol. The van der Waals surface area contributed by atoms with Crippen molar-refractivity contribution in [3.05, 3.63) is 95.5 Å². The number of fused-ring (bicyclic) bond motifs is 1. The van der Waals surface area contributed by atoms with Gasteiger partial charge in [-0.15, -0.1) is 11.3 Å². The number of amides is 2. The second-order valence-corrected chi connectivity index (χ2v) is 13.7. The van der Waals surface area contributed by atoms with Crippen molar-refractivity contribution < 1.29 is 27.9 Å². The lowest BCUT2D eigenvalue weighted by atomic mass is 9.99. The van der Waals surface area contributed by atoms with Crippen LogP contribution in [0.5, 0.6) is 5.75 Å². The van der Waals surface area contributed by atoms with Crippen LogP contribution in [0.2, 0.25) is 0 Å². The lowest BCUT2D eigenvalue weighted by Crippen LogP contribution is -2.50. The van der Waals surface area contributed by atoms with Gasteiger partial charge in [-0.25, -0.2) is 13.4 Å². The number of aliphatic hydroxyl groups excluding tert-OH is 1. The zero-order valence-electron chi connectivity index (χ0n) is 24.6. The molecule has 3 aromatic carbocycles. The number of carbonyl (C=O) groups excluding carboxylic acids is 2. The van der Waals surface area contributed by atoms with E-state index in [4.69, 9.17) is 4.74 Å². The van der Waals surface area contributed by atoms with E-state index in [-0.39, 0.29) is 53.4 Å². The molecule has 0 spiro atoms. The number of aliphatic hydroxyl groups is 1. The van der Waals surface area contributed by atoms with E-state index < -0.39 is 28.1 Å². The van der Waals surface area contributed by atoms with Crippen LogP contribution in [0.25, 0.3) is 10.6 Å². The molecule has 230 valence electrons. The van der Waals surface area contributed by atoms with Gasteiger partial charge in [0.2, 0.25) is 10.0 Å². The second-order valence-electron chi connectivity index (χ2n) is 10.8. The molecule has 2 amide bonds. The molecule has 4 aromatic rings. The predicted octanol–water partition coefficient (Wildman–Crippen LogP) is 4.60. The van der Waals surface area contributed by atoms with E-state index in [0.717, 1.165) is 10.6 Å². The van der Waals surface area contributed by atoms with Gasteiger partial charge in [0.05, 0.1) is 35.3 Å². The van der Waals surface area contributed by atoms with Gasteiger partial charge < -0.3 is 20.1 Å². The summed E-state index contributed by atoms with van der Waals surface area (Å²) in [6.45, 7) is 3.57. The Labute approximate surface area is 261 Å². The minimum Gasteiger partial charge on any atom is -0.486 e. The standard InChI is InChI=1S/C32H34N4O6S2/c1-21-18-36(22(2)20-37)32(39)26-10-7-11-27(34-30(38)23-12-14-24(15-13-23)31-33-16-17-43-31)29(26)42-28(21)19-35(3)44(40,41)25-8-5-4-6-9-25/h4-17,21-22,28,37H,18-20H2,1-3H3,(H,34,38)/t21-,22-,28+/m0/s1. The summed E-state index contributed by atoms with van der Waals surface area (Å²) in [7, 11) is -2.34. The summed E-state index contributed by atoms with van der Waals surface area (Å²) in [5.41, 5.74) is 1.76. The van der Waals surface area contributed by atoms with Crippen molar-refractivity contribution in [1.29, 1.82) is 0 Å². The van der Waals surface area contributed by atoms with Crippen molar-refractivity contribution in [3.8, 4) is 16.3 Å². The number of ether oxygens (including phenoxy) is 1. The van der Waals surface area contributed by atoms with Crippen molar-refractivity contribution in [2.75, 3.05) is 32.1 Å². The Morgan fingerprint density at radius 1 is 1.14 bits per heavy atom. The number of hydrogen-bond donors (Lipinski definition) is 2. The summed E-state index contributed by atoms with van der Waals surface area (Å²) in [6.07, 6.45) is 1.02. The number of para-hydroxylation sites is 1. The van der Waals surface area contributed by atoms with Gasteiger partial charge in [-0.05, 0) is 43.3 Å². The first-order valence-electron chi connectivity index (χ1n) is 14.1. The maximum Gasteiger partial charge on any atom is 0.258 e. The zero-order chi connectivity index (χ0) is 31.4. The highest BCUT2D eigenvalue weighted by atomic mass is 32.2. The van der Waals surface area contributed by atoms with Crippen molar-refractivity contribution >= 4 is 38.9 Å². The van der Waals surface area contributed by atoms with Gasteiger partial charge in [0.15, 0.2) is 5.75 Å². The average Bonchev–Trinajstić information content (AvgIpc) is 3.58. The number of carbonyl (C=O) groups is 2. The van der Waals surface area contributed by atoms with Crippen LogP contribution in [-0.4, -0.2) is 78.4 Å². The third-order valence-electron chi connectivity index (χ3n) is 7.65. The Bertz CT molecular complexity index is 1710. The highest BCUT2D eigenvalue weighted by molar-refractivity contribution is 7.89. The largest absolute Gasteiger partial charge is 0.486 e. The quantitative estimate of drug-likeness (QED) is 0.275. The molecule has 0 radical (unpaired) electrons. The summed E-state index contributed by atoms with van der Waals surface area (Å²) >= 11 is 1.50. The van der Waals surface area contributed by atoms with Gasteiger partial charge in [0, 0.05) is 42.2 Å². The fourth-order valence-corrected chi connectivity index (χ4v) is 6.86. The third kappa shape index (κ3) is 6.53. The smallest absolute Gasteiger partial charge is 0.258 e. The molecule has 1 aliphatic rings. The molecular formula is C32H34N4O6S2. The molecule has 0 fully saturated rings. The van der Waals surface area contributed by atoms with E-state index in [1.165, 1.54) is 34.8 Å². The topological polar surface area (TPSA) is 129 Å². The Hall–Kier alpha value is -4.10. The van der Waals surface area contributed by atoms with Gasteiger partial charge in [-0.1, -0.05) is 43.3 Å². The molecule has 12 heteroatoms. The lowest BCUT2D eigenvalue weighted by Gasteiger charge is -2.38. The van der Waals surface area contributed by atoms with Crippen molar-refractivity contribution in [2.45, 2.75) is 30.9 Å². The summed E-state index contributed by atoms with van der Waals surface area (Å²) in [4.78, 5) is 33.2. The van der Waals surface area contributed by atoms with E-state index in [2.05, 4.69) is 10.3 Å². The Kier molecular flexibility index (Phi) is 9.45. The van der Waals surface area contributed by atoms with E-state index in [1.54, 1.807) is 66.6 Å². The molecule has 0 unspecified atom stereocenters. The summed E-state index contributed by atoms with van der Waals surface area (Å²) < 4.78 is 34.4. The Morgan fingerprint density at radius 3 is 2.52 bits per heavy atom. The number of likely N-dealkylation sites (N-methyl/N-ethyl adjacent to an activating group) is 1. The summed E-state index contributed by atoms with van der Waals surface area (Å²) in [6, 6.07) is 19.5. The number of rotatable bonds is 9. The number of nitrogens with zero attached hydrogens (tertiary/aromatic N) is 3. The molecule has 1 aromatic heterocycles. The molecule has 10 nitrogen and oxygen atoms in total. The van der Waals surface area contributed by atoms with Crippen LogP contribution in [-0.2, 0) is 10.0 Å². The van der Waals surface area contributed by atoms with Gasteiger partial charge in [0.1, 0.15) is 11.1 Å². The first-order valence-corrected chi connectivity index (χ1v) is 16.5. The van der Waals surface area contributed by atoms with Gasteiger partial charge in [-0.3, -0.25) is 9.59 Å². The number of anilines is 1. The second kappa shape index (κ2) is 13.3. The minimum absolute atomic E-state index is 0.0200. The molecule has 44 heavy (non-hydrogen) atoms.